The number of amides is 1. The van der Waals surface area contributed by atoms with Crippen LogP contribution in [0.3, 0.4) is 0 Å². The molecule has 1 unspecified atom stereocenters. The number of hydrogen-bond donors (Lipinski definition) is 1. The molecule has 1 aromatic carbocycles. The molecule has 182 valence electrons. The van der Waals surface area contributed by atoms with Gasteiger partial charge in [-0.25, -0.2) is 23.4 Å². The van der Waals surface area contributed by atoms with Crippen LogP contribution >= 0.6 is 0 Å². The number of carbonyl (C=O) groups excluding carboxylic acids is 2. The molecule has 4 rings (SSSR count). The van der Waals surface area contributed by atoms with Crippen molar-refractivity contribution in [2.45, 2.75) is 57.3 Å². The number of ketones is 1. The molecule has 1 amide bonds. The molecule has 8 nitrogen and oxygen atoms in total. The first-order valence-corrected chi connectivity index (χ1v) is 13.1. The minimum Gasteiger partial charge on any atom is -0.310 e. The molecule has 1 aliphatic carbocycles. The highest BCUT2D eigenvalue weighted by molar-refractivity contribution is 7.91. The van der Waals surface area contributed by atoms with Crippen LogP contribution in [0.2, 0.25) is 0 Å². The fourth-order valence-electron chi connectivity index (χ4n) is 4.37. The van der Waals surface area contributed by atoms with Gasteiger partial charge in [0.1, 0.15) is 11.6 Å². The summed E-state index contributed by atoms with van der Waals surface area (Å²) >= 11 is 0. The summed E-state index contributed by atoms with van der Waals surface area (Å²) in [6.07, 6.45) is 2.85. The number of Topliss-reactive ketones (excluding diaryl/α,β-unsaturated/α-hetero) is 1. The molecule has 2 heterocycles. The molecule has 0 aliphatic heterocycles. The number of carbonyl (C=O) groups is 2. The highest BCUT2D eigenvalue weighted by Gasteiger charge is 2.41. The van der Waals surface area contributed by atoms with E-state index in [0.717, 1.165) is 11.3 Å². The average Bonchev–Trinajstić information content (AvgIpc) is 2.81. The Morgan fingerprint density at radius 2 is 1.83 bits per heavy atom. The van der Waals surface area contributed by atoms with Gasteiger partial charge in [-0.2, -0.15) is 0 Å². The first-order valence-electron chi connectivity index (χ1n) is 11.5. The van der Waals surface area contributed by atoms with Gasteiger partial charge in [-0.3, -0.25) is 9.59 Å². The van der Waals surface area contributed by atoms with Crippen molar-refractivity contribution >= 4 is 27.3 Å². The highest BCUT2D eigenvalue weighted by Crippen LogP contribution is 2.38. The van der Waals surface area contributed by atoms with Crippen LogP contribution in [-0.2, 0) is 32.9 Å². The third-order valence-electron chi connectivity index (χ3n) is 6.46. The maximum absolute atomic E-state index is 13.4. The molecule has 0 spiro atoms. The van der Waals surface area contributed by atoms with Crippen molar-refractivity contribution in [3.8, 4) is 0 Å². The number of fused-ring (bicyclic) bond motifs is 1. The van der Waals surface area contributed by atoms with Crippen LogP contribution in [0.5, 0.6) is 0 Å². The molecule has 0 bridgehead atoms. The lowest BCUT2D eigenvalue weighted by Gasteiger charge is -2.33. The fourth-order valence-corrected chi connectivity index (χ4v) is 5.25. The lowest BCUT2D eigenvalue weighted by molar-refractivity contribution is -0.115. The molecule has 0 saturated heterocycles. The number of nitrogens with one attached hydrogen (secondary N) is 1. The Morgan fingerprint density at radius 3 is 2.49 bits per heavy atom. The minimum atomic E-state index is -3.28. The van der Waals surface area contributed by atoms with E-state index in [4.69, 9.17) is 0 Å². The van der Waals surface area contributed by atoms with Gasteiger partial charge in [-0.1, -0.05) is 19.1 Å². The van der Waals surface area contributed by atoms with Crippen molar-refractivity contribution in [3.63, 3.8) is 0 Å². The van der Waals surface area contributed by atoms with E-state index in [1.807, 2.05) is 26.8 Å². The summed E-state index contributed by atoms with van der Waals surface area (Å²) in [5.74, 6) is 0.726. The second-order valence-corrected chi connectivity index (χ2v) is 11.4. The Morgan fingerprint density at radius 1 is 1.11 bits per heavy atom. The maximum Gasteiger partial charge on any atom is 0.229 e. The van der Waals surface area contributed by atoms with Crippen LogP contribution in [0.4, 0.5) is 5.82 Å². The summed E-state index contributed by atoms with van der Waals surface area (Å²) in [7, 11) is -3.28. The zero-order valence-electron chi connectivity index (χ0n) is 20.3. The summed E-state index contributed by atoms with van der Waals surface area (Å²) in [4.78, 5) is 39.4. The summed E-state index contributed by atoms with van der Waals surface area (Å²) in [5, 5.41) is 2.78. The van der Waals surface area contributed by atoms with Gasteiger partial charge in [0.05, 0.1) is 28.2 Å². The molecule has 0 saturated carbocycles. The quantitative estimate of drug-likeness (QED) is 0.559. The van der Waals surface area contributed by atoms with E-state index in [1.54, 1.807) is 25.1 Å². The SMILES string of the molecule is CCS(=O)(=O)c1ccc(CC(=O)Nc2cc3c(cn2)C(=O)C(C)(c2cc(C)nc(C)n2)CC3)cc1. The first-order chi connectivity index (χ1) is 16.5. The van der Waals surface area contributed by atoms with E-state index in [0.29, 0.717) is 41.3 Å². The molecular formula is C26H28N4O4S. The number of aryl methyl sites for hydroxylation is 3. The van der Waals surface area contributed by atoms with Crippen molar-refractivity contribution < 1.29 is 18.0 Å². The Hall–Kier alpha value is -3.46. The molecule has 1 aliphatic rings. The number of rotatable bonds is 6. The minimum absolute atomic E-state index is 0.0246. The van der Waals surface area contributed by atoms with Gasteiger partial charge >= 0.3 is 0 Å². The van der Waals surface area contributed by atoms with Gasteiger partial charge in [0.25, 0.3) is 0 Å². The van der Waals surface area contributed by atoms with Crippen LogP contribution < -0.4 is 5.32 Å². The van der Waals surface area contributed by atoms with Crippen LogP contribution in [0.15, 0.2) is 47.5 Å². The van der Waals surface area contributed by atoms with Gasteiger partial charge in [-0.15, -0.1) is 0 Å². The Balaban J connectivity index is 1.48. The van der Waals surface area contributed by atoms with E-state index in [1.165, 1.54) is 18.3 Å². The van der Waals surface area contributed by atoms with E-state index in [-0.39, 0.29) is 28.8 Å². The number of hydrogen-bond acceptors (Lipinski definition) is 7. The molecule has 2 aromatic heterocycles. The topological polar surface area (TPSA) is 119 Å². The highest BCUT2D eigenvalue weighted by atomic mass is 32.2. The van der Waals surface area contributed by atoms with Gasteiger partial charge in [0, 0.05) is 17.5 Å². The number of nitrogens with zero attached hydrogens (tertiary/aromatic N) is 3. The molecule has 0 radical (unpaired) electrons. The van der Waals surface area contributed by atoms with E-state index in [9.17, 15) is 18.0 Å². The second kappa shape index (κ2) is 9.30. The number of sulfone groups is 1. The van der Waals surface area contributed by atoms with Gasteiger partial charge < -0.3 is 5.32 Å². The average molecular weight is 493 g/mol. The first kappa shape index (κ1) is 24.7. The second-order valence-electron chi connectivity index (χ2n) is 9.10. The van der Waals surface area contributed by atoms with Crippen molar-refractivity contribution in [2.24, 2.45) is 0 Å². The third-order valence-corrected chi connectivity index (χ3v) is 8.21. The third kappa shape index (κ3) is 5.00. The fraction of sp³-hybridized carbons (Fsp3) is 0.346. The molecular weight excluding hydrogens is 464 g/mol. The zero-order valence-corrected chi connectivity index (χ0v) is 21.1. The van der Waals surface area contributed by atoms with Gasteiger partial charge in [0.2, 0.25) is 5.91 Å². The zero-order chi connectivity index (χ0) is 25.4. The van der Waals surface area contributed by atoms with E-state index < -0.39 is 15.3 Å². The Labute approximate surface area is 205 Å². The predicted molar refractivity (Wildman–Crippen MR) is 132 cm³/mol. The summed E-state index contributed by atoms with van der Waals surface area (Å²) < 4.78 is 23.9. The maximum atomic E-state index is 13.4. The Bertz CT molecular complexity index is 1400. The normalized spacial score (nSPS) is 17.7. The van der Waals surface area contributed by atoms with Crippen molar-refractivity contribution in [3.05, 3.63) is 76.5 Å². The van der Waals surface area contributed by atoms with Crippen LogP contribution in [-0.4, -0.2) is 40.8 Å². The Kier molecular flexibility index (Phi) is 6.55. The van der Waals surface area contributed by atoms with Crippen molar-refractivity contribution in [1.29, 1.82) is 0 Å². The summed E-state index contributed by atoms with van der Waals surface area (Å²) in [6.45, 7) is 7.21. The van der Waals surface area contributed by atoms with Crippen LogP contribution in [0.25, 0.3) is 0 Å². The van der Waals surface area contributed by atoms with E-state index >= 15 is 0 Å². The number of benzene rings is 1. The molecule has 1 atom stereocenters. The molecule has 0 fully saturated rings. The lowest BCUT2D eigenvalue weighted by Crippen LogP contribution is -2.38. The van der Waals surface area contributed by atoms with Crippen molar-refractivity contribution in [1.82, 2.24) is 15.0 Å². The van der Waals surface area contributed by atoms with Crippen LogP contribution in [0.1, 0.15) is 59.0 Å². The molecule has 9 heteroatoms. The van der Waals surface area contributed by atoms with Gasteiger partial charge in [-0.05, 0) is 69.0 Å². The summed E-state index contributed by atoms with van der Waals surface area (Å²) in [5.41, 5.74) is 2.86. The molecule has 35 heavy (non-hydrogen) atoms. The number of pyridine rings is 1. The van der Waals surface area contributed by atoms with Gasteiger partial charge in [0.15, 0.2) is 15.6 Å². The van der Waals surface area contributed by atoms with Crippen molar-refractivity contribution in [2.75, 3.05) is 11.1 Å². The number of aromatic nitrogens is 3. The standard InChI is InChI=1S/C26H28N4O4S/c1-5-35(33,34)20-8-6-18(7-9-20)13-24(31)30-23-14-19-10-11-26(4,25(32)21(19)15-27-23)22-12-16(2)28-17(3)29-22/h6-9,12,14-15H,5,10-11,13H2,1-4H3,(H,27,30,31). The lowest BCUT2D eigenvalue weighted by atomic mass is 9.70. The van der Waals surface area contributed by atoms with Crippen LogP contribution in [0, 0.1) is 13.8 Å². The summed E-state index contributed by atoms with van der Waals surface area (Å²) in [6, 6.07) is 9.92. The predicted octanol–water partition coefficient (Wildman–Crippen LogP) is 3.55. The van der Waals surface area contributed by atoms with E-state index in [2.05, 4.69) is 20.3 Å². The molecule has 3 aromatic rings. The smallest absolute Gasteiger partial charge is 0.229 e. The largest absolute Gasteiger partial charge is 0.310 e. The molecule has 1 N–H and O–H groups in total. The monoisotopic (exact) mass is 492 g/mol. The number of anilines is 1.